The van der Waals surface area contributed by atoms with Crippen LogP contribution in [-0.4, -0.2) is 16.3 Å². The minimum absolute atomic E-state index is 0.438. The van der Waals surface area contributed by atoms with E-state index in [4.69, 9.17) is 0 Å². The first-order valence-electron chi connectivity index (χ1n) is 6.04. The van der Waals surface area contributed by atoms with E-state index in [1.807, 2.05) is 17.9 Å². The molecule has 0 amide bonds. The molecule has 1 aromatic heterocycles. The van der Waals surface area contributed by atoms with Gasteiger partial charge in [0.05, 0.1) is 11.9 Å². The van der Waals surface area contributed by atoms with Gasteiger partial charge in [-0.15, -0.1) is 0 Å². The van der Waals surface area contributed by atoms with E-state index in [1.165, 1.54) is 22.4 Å². The lowest BCUT2D eigenvalue weighted by atomic mass is 9.89. The number of nitrogens with zero attached hydrogens (tertiary/aromatic N) is 2. The van der Waals surface area contributed by atoms with Gasteiger partial charge in [-0.25, -0.2) is 0 Å². The number of rotatable bonds is 1. The van der Waals surface area contributed by atoms with Crippen LogP contribution in [-0.2, 0) is 13.6 Å². The number of nitrogens with one attached hydrogen (secondary N) is 1. The van der Waals surface area contributed by atoms with E-state index in [1.54, 1.807) is 0 Å². The van der Waals surface area contributed by atoms with Crippen LogP contribution in [0, 0.1) is 6.92 Å². The lowest BCUT2D eigenvalue weighted by Gasteiger charge is -2.24. The second-order valence-electron chi connectivity index (χ2n) is 4.76. The van der Waals surface area contributed by atoms with E-state index in [2.05, 4.69) is 41.6 Å². The zero-order valence-electron chi connectivity index (χ0n) is 10.3. The molecule has 1 aliphatic rings. The molecule has 0 radical (unpaired) electrons. The number of fused-ring (bicyclic) bond motifs is 1. The summed E-state index contributed by atoms with van der Waals surface area (Å²) in [5, 5.41) is 7.84. The SMILES string of the molecule is Cc1ccc(C2CNCc3c2cnn3C)cc1. The zero-order valence-corrected chi connectivity index (χ0v) is 10.3. The molecule has 3 rings (SSSR count). The van der Waals surface area contributed by atoms with Gasteiger partial charge in [0.25, 0.3) is 0 Å². The summed E-state index contributed by atoms with van der Waals surface area (Å²) < 4.78 is 1.97. The fourth-order valence-electron chi connectivity index (χ4n) is 2.53. The Morgan fingerprint density at radius 2 is 2.06 bits per heavy atom. The van der Waals surface area contributed by atoms with Gasteiger partial charge in [-0.05, 0) is 12.5 Å². The topological polar surface area (TPSA) is 29.9 Å². The van der Waals surface area contributed by atoms with Crippen molar-refractivity contribution in [1.29, 1.82) is 0 Å². The van der Waals surface area contributed by atoms with Crippen molar-refractivity contribution in [3.05, 3.63) is 52.8 Å². The van der Waals surface area contributed by atoms with Gasteiger partial charge in [-0.1, -0.05) is 29.8 Å². The summed E-state index contributed by atoms with van der Waals surface area (Å²) in [6, 6.07) is 8.81. The highest BCUT2D eigenvalue weighted by Crippen LogP contribution is 2.29. The van der Waals surface area contributed by atoms with Gasteiger partial charge in [-0.3, -0.25) is 4.68 Å². The Hall–Kier alpha value is -1.61. The maximum absolute atomic E-state index is 4.37. The van der Waals surface area contributed by atoms with Crippen LogP contribution in [0.4, 0.5) is 0 Å². The highest BCUT2D eigenvalue weighted by Gasteiger charge is 2.24. The van der Waals surface area contributed by atoms with Gasteiger partial charge in [0, 0.05) is 31.6 Å². The first-order valence-corrected chi connectivity index (χ1v) is 6.04. The molecular weight excluding hydrogens is 210 g/mol. The summed E-state index contributed by atoms with van der Waals surface area (Å²) in [5.41, 5.74) is 5.36. The van der Waals surface area contributed by atoms with Gasteiger partial charge in [-0.2, -0.15) is 5.10 Å². The summed E-state index contributed by atoms with van der Waals surface area (Å²) >= 11 is 0. The Bertz CT molecular complexity index is 525. The molecule has 1 aromatic carbocycles. The molecular formula is C14H17N3. The van der Waals surface area contributed by atoms with Crippen molar-refractivity contribution in [2.24, 2.45) is 7.05 Å². The third kappa shape index (κ3) is 1.76. The van der Waals surface area contributed by atoms with Gasteiger partial charge in [0.2, 0.25) is 0 Å². The molecule has 2 aromatic rings. The molecule has 0 spiro atoms. The summed E-state index contributed by atoms with van der Waals surface area (Å²) in [7, 11) is 2.01. The standard InChI is InChI=1S/C14H17N3/c1-10-3-5-11(6-4-10)12-7-15-9-14-13(12)8-16-17(14)2/h3-6,8,12,15H,7,9H2,1-2H3. The van der Waals surface area contributed by atoms with E-state index in [9.17, 15) is 0 Å². The van der Waals surface area contributed by atoms with E-state index < -0.39 is 0 Å². The molecule has 1 N–H and O–H groups in total. The van der Waals surface area contributed by atoms with Crippen molar-refractivity contribution >= 4 is 0 Å². The normalized spacial score (nSPS) is 19.1. The summed E-state index contributed by atoms with van der Waals surface area (Å²) in [6.45, 7) is 4.05. The molecule has 0 saturated carbocycles. The molecule has 1 atom stereocenters. The second kappa shape index (κ2) is 4.00. The molecule has 0 fully saturated rings. The van der Waals surface area contributed by atoms with E-state index in [0.29, 0.717) is 5.92 Å². The predicted octanol–water partition coefficient (Wildman–Crippen LogP) is 1.96. The average molecular weight is 227 g/mol. The van der Waals surface area contributed by atoms with Crippen LogP contribution in [0.1, 0.15) is 28.3 Å². The van der Waals surface area contributed by atoms with Crippen molar-refractivity contribution in [3.63, 3.8) is 0 Å². The van der Waals surface area contributed by atoms with E-state index in [0.717, 1.165) is 13.1 Å². The van der Waals surface area contributed by atoms with Crippen molar-refractivity contribution in [2.45, 2.75) is 19.4 Å². The Labute approximate surface area is 101 Å². The highest BCUT2D eigenvalue weighted by molar-refractivity contribution is 5.37. The van der Waals surface area contributed by atoms with Crippen molar-refractivity contribution in [1.82, 2.24) is 15.1 Å². The number of hydrogen-bond donors (Lipinski definition) is 1. The molecule has 17 heavy (non-hydrogen) atoms. The van der Waals surface area contributed by atoms with Gasteiger partial charge >= 0.3 is 0 Å². The second-order valence-corrected chi connectivity index (χ2v) is 4.76. The Kier molecular flexibility index (Phi) is 2.48. The van der Waals surface area contributed by atoms with Crippen LogP contribution in [0.5, 0.6) is 0 Å². The largest absolute Gasteiger partial charge is 0.310 e. The van der Waals surface area contributed by atoms with Crippen LogP contribution < -0.4 is 5.32 Å². The number of benzene rings is 1. The molecule has 0 bridgehead atoms. The van der Waals surface area contributed by atoms with Crippen molar-refractivity contribution < 1.29 is 0 Å². The molecule has 3 heteroatoms. The van der Waals surface area contributed by atoms with E-state index >= 15 is 0 Å². The summed E-state index contributed by atoms with van der Waals surface area (Å²) in [4.78, 5) is 0. The molecule has 3 nitrogen and oxygen atoms in total. The average Bonchev–Trinajstić information content (AvgIpc) is 2.73. The lowest BCUT2D eigenvalue weighted by Crippen LogP contribution is -2.29. The van der Waals surface area contributed by atoms with Crippen LogP contribution in [0.3, 0.4) is 0 Å². The smallest absolute Gasteiger partial charge is 0.0557 e. The van der Waals surface area contributed by atoms with Gasteiger partial charge < -0.3 is 5.32 Å². The fraction of sp³-hybridized carbons (Fsp3) is 0.357. The molecule has 1 aliphatic heterocycles. The molecule has 0 aliphatic carbocycles. The number of aryl methyl sites for hydroxylation is 2. The summed E-state index contributed by atoms with van der Waals surface area (Å²) in [5.74, 6) is 0.438. The molecule has 88 valence electrons. The quantitative estimate of drug-likeness (QED) is 0.807. The third-order valence-corrected chi connectivity index (χ3v) is 3.59. The van der Waals surface area contributed by atoms with Crippen LogP contribution in [0.15, 0.2) is 30.5 Å². The first-order chi connectivity index (χ1) is 8.25. The molecule has 1 unspecified atom stereocenters. The summed E-state index contributed by atoms with van der Waals surface area (Å²) in [6.07, 6.45) is 2.01. The number of aromatic nitrogens is 2. The Morgan fingerprint density at radius 3 is 2.82 bits per heavy atom. The van der Waals surface area contributed by atoms with Gasteiger partial charge in [0.1, 0.15) is 0 Å². The van der Waals surface area contributed by atoms with Crippen LogP contribution in [0.25, 0.3) is 0 Å². The first kappa shape index (κ1) is 10.5. The minimum Gasteiger partial charge on any atom is -0.310 e. The Morgan fingerprint density at radius 1 is 1.29 bits per heavy atom. The third-order valence-electron chi connectivity index (χ3n) is 3.59. The number of hydrogen-bond acceptors (Lipinski definition) is 2. The fourth-order valence-corrected chi connectivity index (χ4v) is 2.53. The van der Waals surface area contributed by atoms with Gasteiger partial charge in [0.15, 0.2) is 0 Å². The van der Waals surface area contributed by atoms with Crippen LogP contribution >= 0.6 is 0 Å². The predicted molar refractivity (Wildman–Crippen MR) is 67.9 cm³/mol. The van der Waals surface area contributed by atoms with Crippen molar-refractivity contribution in [3.8, 4) is 0 Å². The highest BCUT2D eigenvalue weighted by atomic mass is 15.3. The van der Waals surface area contributed by atoms with E-state index in [-0.39, 0.29) is 0 Å². The van der Waals surface area contributed by atoms with Crippen LogP contribution in [0.2, 0.25) is 0 Å². The minimum atomic E-state index is 0.438. The maximum Gasteiger partial charge on any atom is 0.0557 e. The maximum atomic E-state index is 4.37. The Balaban J connectivity index is 2.02. The molecule has 0 saturated heterocycles. The monoisotopic (exact) mass is 227 g/mol. The van der Waals surface area contributed by atoms with Crippen molar-refractivity contribution in [2.75, 3.05) is 6.54 Å². The molecule has 2 heterocycles. The zero-order chi connectivity index (χ0) is 11.8. The lowest BCUT2D eigenvalue weighted by molar-refractivity contribution is 0.558.